The van der Waals surface area contributed by atoms with Gasteiger partial charge in [0.2, 0.25) is 5.91 Å². The average Bonchev–Trinajstić information content (AvgIpc) is 2.66. The highest BCUT2D eigenvalue weighted by molar-refractivity contribution is 7.94. The van der Waals surface area contributed by atoms with Crippen LogP contribution in [0.5, 0.6) is 5.75 Å². The van der Waals surface area contributed by atoms with Crippen molar-refractivity contribution in [1.82, 2.24) is 5.32 Å². The van der Waals surface area contributed by atoms with Gasteiger partial charge in [-0.3, -0.25) is 9.69 Å². The molecule has 0 aliphatic carbocycles. The molecule has 2 aromatic carbocycles. The summed E-state index contributed by atoms with van der Waals surface area (Å²) in [6.07, 6.45) is 0. The first-order valence-corrected chi connectivity index (χ1v) is 10.7. The normalized spacial score (nSPS) is 15.2. The van der Waals surface area contributed by atoms with Gasteiger partial charge in [0.15, 0.2) is 0 Å². The number of hydrogen-bond acceptors (Lipinski definition) is 5. The number of carbonyl (C=O) groups excluding carboxylic acids is 2. The topological polar surface area (TPSA) is 96.0 Å². The molecule has 3 amide bonds. The molecule has 2 aromatic rings. The summed E-state index contributed by atoms with van der Waals surface area (Å²) >= 11 is 0. The molecule has 0 saturated heterocycles. The molecular weight excluding hydrogens is 394 g/mol. The zero-order chi connectivity index (χ0) is 21.2. The fourth-order valence-electron chi connectivity index (χ4n) is 3.07. The van der Waals surface area contributed by atoms with E-state index in [1.807, 2.05) is 6.92 Å². The average molecular weight is 417 g/mol. The van der Waals surface area contributed by atoms with E-state index in [2.05, 4.69) is 5.32 Å². The van der Waals surface area contributed by atoms with E-state index in [9.17, 15) is 18.0 Å². The standard InChI is InChI=1S/C20H23N3O5S/c1-4-28-16-11-9-15(10-12-16)23-20(25)22(13-19(24)21-14(2)3)17-7-5-6-8-18(17)29(23,26)27/h5-12,14H,4,13H2,1-3H3,(H,21,24). The number of para-hydroxylation sites is 1. The number of nitrogens with zero attached hydrogens (tertiary/aromatic N) is 2. The number of carbonyl (C=O) groups is 2. The number of benzene rings is 2. The molecule has 1 heterocycles. The van der Waals surface area contributed by atoms with Crippen LogP contribution in [0.25, 0.3) is 0 Å². The molecule has 0 bridgehead atoms. The second-order valence-electron chi connectivity index (χ2n) is 6.76. The maximum atomic E-state index is 13.2. The summed E-state index contributed by atoms with van der Waals surface area (Å²) in [5.41, 5.74) is 0.348. The highest BCUT2D eigenvalue weighted by atomic mass is 32.2. The Kier molecular flexibility index (Phi) is 5.78. The lowest BCUT2D eigenvalue weighted by Gasteiger charge is -2.36. The lowest BCUT2D eigenvalue weighted by molar-refractivity contribution is -0.120. The largest absolute Gasteiger partial charge is 0.494 e. The van der Waals surface area contributed by atoms with Crippen LogP contribution >= 0.6 is 0 Å². The highest BCUT2D eigenvalue weighted by Gasteiger charge is 2.43. The first-order valence-electron chi connectivity index (χ1n) is 9.23. The van der Waals surface area contributed by atoms with Gasteiger partial charge in [-0.05, 0) is 57.2 Å². The molecule has 0 saturated carbocycles. The van der Waals surface area contributed by atoms with Crippen molar-refractivity contribution in [1.29, 1.82) is 0 Å². The Morgan fingerprint density at radius 3 is 2.38 bits per heavy atom. The van der Waals surface area contributed by atoms with Gasteiger partial charge >= 0.3 is 6.03 Å². The third kappa shape index (κ3) is 4.04. The first kappa shape index (κ1) is 20.7. The van der Waals surface area contributed by atoms with Crippen LogP contribution in [0.4, 0.5) is 16.2 Å². The summed E-state index contributed by atoms with van der Waals surface area (Å²) in [4.78, 5) is 26.6. The fraction of sp³-hybridized carbons (Fsp3) is 0.300. The van der Waals surface area contributed by atoms with Crippen LogP contribution in [0.15, 0.2) is 53.4 Å². The van der Waals surface area contributed by atoms with Gasteiger partial charge in [0.1, 0.15) is 17.2 Å². The molecule has 3 rings (SSSR count). The summed E-state index contributed by atoms with van der Waals surface area (Å²) in [6, 6.07) is 11.4. The molecule has 1 N–H and O–H groups in total. The van der Waals surface area contributed by atoms with E-state index in [1.54, 1.807) is 38.1 Å². The maximum Gasteiger partial charge on any atom is 0.343 e. The Balaban J connectivity index is 2.05. The summed E-state index contributed by atoms with van der Waals surface area (Å²) in [5, 5.41) is 2.72. The molecule has 0 unspecified atom stereocenters. The van der Waals surface area contributed by atoms with Crippen LogP contribution in [0, 0.1) is 0 Å². The van der Waals surface area contributed by atoms with Crippen LogP contribution in [0.2, 0.25) is 0 Å². The molecule has 0 fully saturated rings. The number of ether oxygens (including phenoxy) is 1. The van der Waals surface area contributed by atoms with Gasteiger partial charge in [0.25, 0.3) is 10.0 Å². The minimum absolute atomic E-state index is 0.0363. The van der Waals surface area contributed by atoms with E-state index in [4.69, 9.17) is 4.74 Å². The SMILES string of the molecule is CCOc1ccc(N2C(=O)N(CC(=O)NC(C)C)c3ccccc3S2(=O)=O)cc1. The minimum Gasteiger partial charge on any atom is -0.494 e. The van der Waals surface area contributed by atoms with E-state index in [0.717, 1.165) is 0 Å². The van der Waals surface area contributed by atoms with Crippen molar-refractivity contribution in [3.8, 4) is 5.75 Å². The van der Waals surface area contributed by atoms with Crippen molar-refractivity contribution in [2.75, 3.05) is 22.4 Å². The Morgan fingerprint density at radius 1 is 1.10 bits per heavy atom. The van der Waals surface area contributed by atoms with Crippen LogP contribution in [0.1, 0.15) is 20.8 Å². The zero-order valence-electron chi connectivity index (χ0n) is 16.5. The van der Waals surface area contributed by atoms with Gasteiger partial charge in [0, 0.05) is 6.04 Å². The Hall–Kier alpha value is -3.07. The van der Waals surface area contributed by atoms with Gasteiger partial charge in [0.05, 0.1) is 18.0 Å². The minimum atomic E-state index is -4.13. The number of anilines is 2. The molecule has 8 nitrogen and oxygen atoms in total. The summed E-state index contributed by atoms with van der Waals surface area (Å²) in [5.74, 6) is 0.181. The van der Waals surface area contributed by atoms with Gasteiger partial charge < -0.3 is 10.1 Å². The zero-order valence-corrected chi connectivity index (χ0v) is 17.3. The number of amides is 3. The number of sulfonamides is 1. The smallest absolute Gasteiger partial charge is 0.343 e. The lowest BCUT2D eigenvalue weighted by Crippen LogP contribution is -2.54. The Labute approximate surface area is 170 Å². The highest BCUT2D eigenvalue weighted by Crippen LogP contribution is 2.37. The van der Waals surface area contributed by atoms with Crippen molar-refractivity contribution in [2.45, 2.75) is 31.7 Å². The van der Waals surface area contributed by atoms with E-state index in [0.29, 0.717) is 16.7 Å². The fourth-order valence-corrected chi connectivity index (χ4v) is 4.66. The maximum absolute atomic E-state index is 13.2. The molecule has 1 aliphatic rings. The molecule has 154 valence electrons. The lowest BCUT2D eigenvalue weighted by atomic mass is 10.2. The second kappa shape index (κ2) is 8.12. The summed E-state index contributed by atoms with van der Waals surface area (Å²) in [6.45, 7) is 5.62. The van der Waals surface area contributed by atoms with Crippen molar-refractivity contribution < 1.29 is 22.7 Å². The molecule has 0 aromatic heterocycles. The van der Waals surface area contributed by atoms with Crippen LogP contribution in [0.3, 0.4) is 0 Å². The van der Waals surface area contributed by atoms with Crippen LogP contribution in [-0.4, -0.2) is 39.5 Å². The third-order valence-corrected chi connectivity index (χ3v) is 5.96. The van der Waals surface area contributed by atoms with Gasteiger partial charge in [-0.25, -0.2) is 13.2 Å². The number of fused-ring (bicyclic) bond motifs is 1. The number of urea groups is 1. The van der Waals surface area contributed by atoms with E-state index in [1.165, 1.54) is 29.2 Å². The molecule has 0 atom stereocenters. The number of hydrogen-bond donors (Lipinski definition) is 1. The molecule has 0 spiro atoms. The quantitative estimate of drug-likeness (QED) is 0.780. The van der Waals surface area contributed by atoms with E-state index < -0.39 is 16.1 Å². The predicted molar refractivity (Wildman–Crippen MR) is 110 cm³/mol. The van der Waals surface area contributed by atoms with Gasteiger partial charge in [-0.2, -0.15) is 4.31 Å². The number of rotatable bonds is 6. The predicted octanol–water partition coefficient (Wildman–Crippen LogP) is 2.75. The van der Waals surface area contributed by atoms with Crippen molar-refractivity contribution in [3.63, 3.8) is 0 Å². The first-order chi connectivity index (χ1) is 13.8. The van der Waals surface area contributed by atoms with Gasteiger partial charge in [-0.15, -0.1) is 0 Å². The van der Waals surface area contributed by atoms with Crippen LogP contribution in [-0.2, 0) is 14.8 Å². The molecule has 9 heteroatoms. The van der Waals surface area contributed by atoms with Crippen molar-refractivity contribution in [3.05, 3.63) is 48.5 Å². The van der Waals surface area contributed by atoms with E-state index >= 15 is 0 Å². The van der Waals surface area contributed by atoms with Gasteiger partial charge in [-0.1, -0.05) is 12.1 Å². The summed E-state index contributed by atoms with van der Waals surface area (Å²) in [7, 11) is -4.13. The molecule has 29 heavy (non-hydrogen) atoms. The van der Waals surface area contributed by atoms with E-state index in [-0.39, 0.29) is 34.8 Å². The monoisotopic (exact) mass is 417 g/mol. The van der Waals surface area contributed by atoms with Crippen LogP contribution < -0.4 is 19.3 Å². The summed E-state index contributed by atoms with van der Waals surface area (Å²) < 4.78 is 32.5. The Morgan fingerprint density at radius 2 is 1.76 bits per heavy atom. The third-order valence-electron chi connectivity index (χ3n) is 4.21. The molecule has 0 radical (unpaired) electrons. The second-order valence-corrected chi connectivity index (χ2v) is 8.51. The Bertz CT molecular complexity index is 1020. The van der Waals surface area contributed by atoms with Crippen molar-refractivity contribution in [2.24, 2.45) is 0 Å². The molecule has 1 aliphatic heterocycles. The van der Waals surface area contributed by atoms with Crippen molar-refractivity contribution >= 4 is 33.3 Å². The number of nitrogens with one attached hydrogen (secondary N) is 1. The molecular formula is C20H23N3O5S.